The second kappa shape index (κ2) is 7.61. The fourth-order valence-electron chi connectivity index (χ4n) is 4.47. The second-order valence-electron chi connectivity index (χ2n) is 7.26. The highest BCUT2D eigenvalue weighted by atomic mass is 16.7. The van der Waals surface area contributed by atoms with Crippen molar-refractivity contribution in [1.29, 1.82) is 0 Å². The highest BCUT2D eigenvalue weighted by molar-refractivity contribution is 4.89. The molecule has 1 aliphatic carbocycles. The van der Waals surface area contributed by atoms with E-state index < -0.39 is 0 Å². The first-order valence-electron chi connectivity index (χ1n) is 9.40. The molecule has 1 spiro atoms. The molecule has 3 fully saturated rings. The molecule has 0 radical (unpaired) electrons. The summed E-state index contributed by atoms with van der Waals surface area (Å²) in [7, 11) is 0. The molecule has 0 aromatic heterocycles. The number of hydrogen-bond donors (Lipinski definition) is 1. The first kappa shape index (κ1) is 16.7. The molecule has 4 nitrogen and oxygen atoms in total. The molecule has 0 aromatic carbocycles. The Kier molecular flexibility index (Phi) is 5.77. The summed E-state index contributed by atoms with van der Waals surface area (Å²) in [5, 5.41) is 3.91. The normalized spacial score (nSPS) is 32.9. The van der Waals surface area contributed by atoms with Crippen LogP contribution in [0.15, 0.2) is 0 Å². The van der Waals surface area contributed by atoms with Crippen molar-refractivity contribution in [2.75, 3.05) is 19.8 Å². The van der Waals surface area contributed by atoms with Gasteiger partial charge in [-0.1, -0.05) is 26.7 Å². The Labute approximate surface area is 135 Å². The standard InChI is InChI=1S/C18H33NO3/c1-3-14(4-2)17-13-16(7-10-20-17)19-15-5-8-18(9-6-15)21-11-12-22-18/h14-17,19H,3-13H2,1-2H3/t16-,17+/m0/s1. The lowest BCUT2D eigenvalue weighted by atomic mass is 9.86. The van der Waals surface area contributed by atoms with E-state index in [1.165, 1.54) is 32.1 Å². The lowest BCUT2D eigenvalue weighted by Gasteiger charge is -2.40. The Bertz CT molecular complexity index is 329. The van der Waals surface area contributed by atoms with Crippen molar-refractivity contribution in [3.05, 3.63) is 0 Å². The van der Waals surface area contributed by atoms with Crippen LogP contribution < -0.4 is 5.32 Å². The summed E-state index contributed by atoms with van der Waals surface area (Å²) in [5.74, 6) is 0.492. The molecule has 3 aliphatic rings. The van der Waals surface area contributed by atoms with Gasteiger partial charge in [-0.05, 0) is 31.6 Å². The predicted octanol–water partition coefficient (Wildman–Crippen LogP) is 3.25. The fourth-order valence-corrected chi connectivity index (χ4v) is 4.47. The van der Waals surface area contributed by atoms with Crippen molar-refractivity contribution in [3.8, 4) is 0 Å². The molecular weight excluding hydrogens is 278 g/mol. The highest BCUT2D eigenvalue weighted by Crippen LogP contribution is 2.36. The van der Waals surface area contributed by atoms with Gasteiger partial charge in [-0.25, -0.2) is 0 Å². The zero-order valence-corrected chi connectivity index (χ0v) is 14.3. The van der Waals surface area contributed by atoms with Crippen LogP contribution in [-0.2, 0) is 14.2 Å². The van der Waals surface area contributed by atoms with E-state index in [4.69, 9.17) is 14.2 Å². The van der Waals surface area contributed by atoms with Crippen molar-refractivity contribution in [2.24, 2.45) is 5.92 Å². The number of rotatable bonds is 5. The van der Waals surface area contributed by atoms with Gasteiger partial charge in [-0.3, -0.25) is 0 Å². The van der Waals surface area contributed by atoms with Crippen molar-refractivity contribution in [3.63, 3.8) is 0 Å². The zero-order chi connectivity index (χ0) is 15.4. The molecular formula is C18H33NO3. The largest absolute Gasteiger partial charge is 0.378 e. The monoisotopic (exact) mass is 311 g/mol. The van der Waals surface area contributed by atoms with Crippen LogP contribution in [0.2, 0.25) is 0 Å². The molecule has 22 heavy (non-hydrogen) atoms. The van der Waals surface area contributed by atoms with Gasteiger partial charge in [0.25, 0.3) is 0 Å². The Morgan fingerprint density at radius 1 is 0.955 bits per heavy atom. The van der Waals surface area contributed by atoms with Crippen LogP contribution in [0.5, 0.6) is 0 Å². The maximum Gasteiger partial charge on any atom is 0.168 e. The topological polar surface area (TPSA) is 39.7 Å². The van der Waals surface area contributed by atoms with E-state index in [9.17, 15) is 0 Å². The minimum atomic E-state index is -0.230. The summed E-state index contributed by atoms with van der Waals surface area (Å²) >= 11 is 0. The van der Waals surface area contributed by atoms with Crippen molar-refractivity contribution >= 4 is 0 Å². The SMILES string of the molecule is CCC(CC)[C@H]1C[C@@H](NC2CCC3(CC2)OCCO3)CCO1. The van der Waals surface area contributed by atoms with E-state index in [0.717, 1.165) is 45.0 Å². The molecule has 3 rings (SSSR count). The average molecular weight is 311 g/mol. The van der Waals surface area contributed by atoms with Crippen molar-refractivity contribution in [1.82, 2.24) is 5.32 Å². The van der Waals surface area contributed by atoms with Crippen LogP contribution in [0.3, 0.4) is 0 Å². The summed E-state index contributed by atoms with van der Waals surface area (Å²) in [5.41, 5.74) is 0. The number of ether oxygens (including phenoxy) is 3. The van der Waals surface area contributed by atoms with E-state index in [1.807, 2.05) is 0 Å². The van der Waals surface area contributed by atoms with Crippen molar-refractivity contribution in [2.45, 2.75) is 89.2 Å². The average Bonchev–Trinajstić information content (AvgIpc) is 3.00. The first-order chi connectivity index (χ1) is 10.7. The van der Waals surface area contributed by atoms with Gasteiger partial charge < -0.3 is 19.5 Å². The molecule has 128 valence electrons. The summed E-state index contributed by atoms with van der Waals surface area (Å²) in [6, 6.07) is 1.26. The molecule has 1 saturated carbocycles. The summed E-state index contributed by atoms with van der Waals surface area (Å²) in [6.45, 7) is 7.04. The van der Waals surface area contributed by atoms with Crippen LogP contribution in [0.1, 0.15) is 65.2 Å². The smallest absolute Gasteiger partial charge is 0.168 e. The van der Waals surface area contributed by atoms with Gasteiger partial charge in [0.2, 0.25) is 0 Å². The lowest BCUT2D eigenvalue weighted by Crippen LogP contribution is -2.49. The van der Waals surface area contributed by atoms with Crippen LogP contribution >= 0.6 is 0 Å². The first-order valence-corrected chi connectivity index (χ1v) is 9.40. The highest BCUT2D eigenvalue weighted by Gasteiger charge is 2.40. The van der Waals surface area contributed by atoms with E-state index >= 15 is 0 Å². The molecule has 1 N–H and O–H groups in total. The number of nitrogens with one attached hydrogen (secondary N) is 1. The van der Waals surface area contributed by atoms with Crippen LogP contribution in [-0.4, -0.2) is 43.8 Å². The van der Waals surface area contributed by atoms with E-state index in [-0.39, 0.29) is 5.79 Å². The Morgan fingerprint density at radius 3 is 2.27 bits per heavy atom. The fraction of sp³-hybridized carbons (Fsp3) is 1.00. The Balaban J connectivity index is 1.45. The second-order valence-corrected chi connectivity index (χ2v) is 7.26. The van der Waals surface area contributed by atoms with Gasteiger partial charge in [0.15, 0.2) is 5.79 Å². The van der Waals surface area contributed by atoms with Gasteiger partial charge in [0, 0.05) is 31.5 Å². The molecule has 0 aromatic rings. The van der Waals surface area contributed by atoms with Crippen LogP contribution in [0.4, 0.5) is 0 Å². The third kappa shape index (κ3) is 3.84. The molecule has 2 aliphatic heterocycles. The maximum absolute atomic E-state index is 6.04. The van der Waals surface area contributed by atoms with Crippen LogP contribution in [0, 0.1) is 5.92 Å². The van der Waals surface area contributed by atoms with Crippen molar-refractivity contribution < 1.29 is 14.2 Å². The molecule has 0 bridgehead atoms. The minimum absolute atomic E-state index is 0.230. The summed E-state index contributed by atoms with van der Waals surface area (Å²) < 4.78 is 17.7. The summed E-state index contributed by atoms with van der Waals surface area (Å²) in [6.07, 6.45) is 9.70. The summed E-state index contributed by atoms with van der Waals surface area (Å²) in [4.78, 5) is 0. The minimum Gasteiger partial charge on any atom is -0.378 e. The molecule has 0 unspecified atom stereocenters. The Hall–Kier alpha value is -0.160. The third-order valence-electron chi connectivity index (χ3n) is 5.92. The lowest BCUT2D eigenvalue weighted by molar-refractivity contribution is -0.180. The van der Waals surface area contributed by atoms with Gasteiger partial charge in [0.1, 0.15) is 0 Å². The predicted molar refractivity (Wildman–Crippen MR) is 86.9 cm³/mol. The molecule has 2 atom stereocenters. The number of hydrogen-bond acceptors (Lipinski definition) is 4. The van der Waals surface area contributed by atoms with E-state index in [0.29, 0.717) is 18.2 Å². The van der Waals surface area contributed by atoms with Gasteiger partial charge in [-0.2, -0.15) is 0 Å². The molecule has 2 heterocycles. The quantitative estimate of drug-likeness (QED) is 0.846. The Morgan fingerprint density at radius 2 is 1.64 bits per heavy atom. The van der Waals surface area contributed by atoms with Gasteiger partial charge >= 0.3 is 0 Å². The third-order valence-corrected chi connectivity index (χ3v) is 5.92. The zero-order valence-electron chi connectivity index (χ0n) is 14.3. The molecule has 0 amide bonds. The van der Waals surface area contributed by atoms with E-state index in [1.54, 1.807) is 0 Å². The molecule has 4 heteroatoms. The van der Waals surface area contributed by atoms with Gasteiger partial charge in [0.05, 0.1) is 19.3 Å². The van der Waals surface area contributed by atoms with Crippen LogP contribution in [0.25, 0.3) is 0 Å². The van der Waals surface area contributed by atoms with Gasteiger partial charge in [-0.15, -0.1) is 0 Å². The maximum atomic E-state index is 6.04. The molecule has 2 saturated heterocycles. The van der Waals surface area contributed by atoms with E-state index in [2.05, 4.69) is 19.2 Å².